The zero-order valence-electron chi connectivity index (χ0n) is 12.0. The number of nitrogens with one attached hydrogen (secondary N) is 1. The van der Waals surface area contributed by atoms with E-state index in [9.17, 15) is 8.42 Å². The Hall–Kier alpha value is -1.41. The molecule has 3 rings (SSSR count). The number of rotatable bonds is 3. The van der Waals surface area contributed by atoms with Gasteiger partial charge in [-0.25, -0.2) is 13.4 Å². The van der Waals surface area contributed by atoms with E-state index in [4.69, 9.17) is 0 Å². The summed E-state index contributed by atoms with van der Waals surface area (Å²) in [4.78, 5) is 12.1. The van der Waals surface area contributed by atoms with E-state index in [1.165, 1.54) is 0 Å². The monoisotopic (exact) mass is 326 g/mol. The molecule has 1 fully saturated rings. The Kier molecular flexibility index (Phi) is 3.75. The molecule has 8 heteroatoms. The summed E-state index contributed by atoms with van der Waals surface area (Å²) in [7, 11) is -2.93. The summed E-state index contributed by atoms with van der Waals surface area (Å²) in [5.41, 5.74) is 0. The molecule has 1 atom stereocenters. The smallest absolute Gasteiger partial charge is 0.226 e. The molecule has 1 aliphatic heterocycles. The van der Waals surface area contributed by atoms with Crippen LogP contribution in [-0.2, 0) is 9.84 Å². The van der Waals surface area contributed by atoms with E-state index in [1.54, 1.807) is 11.3 Å². The van der Waals surface area contributed by atoms with Gasteiger partial charge < -0.3 is 10.2 Å². The van der Waals surface area contributed by atoms with E-state index < -0.39 is 9.84 Å². The van der Waals surface area contributed by atoms with Crippen LogP contribution in [0.25, 0.3) is 10.2 Å². The maximum atomic E-state index is 11.8. The van der Waals surface area contributed by atoms with Crippen LogP contribution in [0.1, 0.15) is 13.8 Å². The van der Waals surface area contributed by atoms with Crippen molar-refractivity contribution >= 4 is 43.2 Å². The Morgan fingerprint density at radius 3 is 3.00 bits per heavy atom. The van der Waals surface area contributed by atoms with E-state index in [0.717, 1.165) is 22.6 Å². The topological polar surface area (TPSA) is 75.2 Å². The fraction of sp³-hybridized carbons (Fsp3) is 0.538. The van der Waals surface area contributed by atoms with Gasteiger partial charge in [-0.1, -0.05) is 0 Å². The van der Waals surface area contributed by atoms with Crippen LogP contribution in [0.3, 0.4) is 0 Å². The molecule has 21 heavy (non-hydrogen) atoms. The fourth-order valence-electron chi connectivity index (χ4n) is 2.61. The first-order valence-corrected chi connectivity index (χ1v) is 9.66. The average Bonchev–Trinajstić information content (AvgIpc) is 2.85. The standard InChI is InChI=1S/C13H18N4O2S2/c1-3-14-13-15-11(10-4-6-20-12(10)16-13)17-5-7-21(18,19)8-9(17)2/h4,6,9H,3,5,7-8H2,1-2H3,(H,14,15,16). The third-order valence-electron chi connectivity index (χ3n) is 3.58. The number of anilines is 2. The maximum absolute atomic E-state index is 11.8. The van der Waals surface area contributed by atoms with Crippen molar-refractivity contribution in [3.8, 4) is 0 Å². The van der Waals surface area contributed by atoms with Crippen molar-refractivity contribution in [2.45, 2.75) is 19.9 Å². The van der Waals surface area contributed by atoms with E-state index in [0.29, 0.717) is 12.5 Å². The highest BCUT2D eigenvalue weighted by molar-refractivity contribution is 7.91. The van der Waals surface area contributed by atoms with Crippen LogP contribution in [0.2, 0.25) is 0 Å². The average molecular weight is 326 g/mol. The highest BCUT2D eigenvalue weighted by atomic mass is 32.2. The molecule has 3 heterocycles. The minimum atomic E-state index is -2.93. The van der Waals surface area contributed by atoms with Gasteiger partial charge >= 0.3 is 0 Å². The first-order valence-electron chi connectivity index (χ1n) is 6.96. The second-order valence-electron chi connectivity index (χ2n) is 5.20. The van der Waals surface area contributed by atoms with Gasteiger partial charge in [-0.15, -0.1) is 11.3 Å². The quantitative estimate of drug-likeness (QED) is 0.926. The number of fused-ring (bicyclic) bond motifs is 1. The minimum Gasteiger partial charge on any atom is -0.354 e. The van der Waals surface area contributed by atoms with Gasteiger partial charge in [0.25, 0.3) is 0 Å². The highest BCUT2D eigenvalue weighted by Gasteiger charge is 2.30. The van der Waals surface area contributed by atoms with Crippen LogP contribution in [0.15, 0.2) is 11.4 Å². The van der Waals surface area contributed by atoms with Crippen molar-refractivity contribution in [2.24, 2.45) is 0 Å². The first-order chi connectivity index (χ1) is 10.00. The Morgan fingerprint density at radius 2 is 2.29 bits per heavy atom. The molecule has 0 radical (unpaired) electrons. The van der Waals surface area contributed by atoms with Crippen LogP contribution >= 0.6 is 11.3 Å². The van der Waals surface area contributed by atoms with Crippen LogP contribution in [0.5, 0.6) is 0 Å². The number of hydrogen-bond acceptors (Lipinski definition) is 7. The van der Waals surface area contributed by atoms with Crippen molar-refractivity contribution < 1.29 is 8.42 Å². The molecule has 0 amide bonds. The number of hydrogen-bond donors (Lipinski definition) is 1. The van der Waals surface area contributed by atoms with Crippen molar-refractivity contribution in [3.05, 3.63) is 11.4 Å². The maximum Gasteiger partial charge on any atom is 0.226 e. The SMILES string of the molecule is CCNc1nc(N2CCS(=O)(=O)CC2C)c2ccsc2n1. The molecule has 1 unspecified atom stereocenters. The molecule has 6 nitrogen and oxygen atoms in total. The molecule has 114 valence electrons. The minimum absolute atomic E-state index is 0.0729. The molecule has 2 aromatic heterocycles. The summed E-state index contributed by atoms with van der Waals surface area (Å²) < 4.78 is 23.5. The third-order valence-corrected chi connectivity index (χ3v) is 6.18. The van der Waals surface area contributed by atoms with Gasteiger partial charge in [0.15, 0.2) is 9.84 Å². The van der Waals surface area contributed by atoms with Gasteiger partial charge in [-0.2, -0.15) is 4.98 Å². The van der Waals surface area contributed by atoms with Gasteiger partial charge in [0, 0.05) is 19.1 Å². The molecule has 1 N–H and O–H groups in total. The Balaban J connectivity index is 2.04. The fourth-order valence-corrected chi connectivity index (χ4v) is 4.92. The molecule has 0 bridgehead atoms. The van der Waals surface area contributed by atoms with Crippen molar-refractivity contribution in [1.82, 2.24) is 9.97 Å². The van der Waals surface area contributed by atoms with Crippen molar-refractivity contribution in [2.75, 3.05) is 34.8 Å². The molecular weight excluding hydrogens is 308 g/mol. The summed E-state index contributed by atoms with van der Waals surface area (Å²) >= 11 is 1.57. The molecule has 0 spiro atoms. The molecule has 1 aliphatic rings. The lowest BCUT2D eigenvalue weighted by atomic mass is 10.2. The number of sulfone groups is 1. The van der Waals surface area contributed by atoms with E-state index in [2.05, 4.69) is 20.2 Å². The van der Waals surface area contributed by atoms with E-state index in [-0.39, 0.29) is 17.5 Å². The predicted octanol–water partition coefficient (Wildman–Crippen LogP) is 1.75. The Morgan fingerprint density at radius 1 is 1.48 bits per heavy atom. The Bertz CT molecular complexity index is 757. The van der Waals surface area contributed by atoms with Crippen LogP contribution in [0, 0.1) is 0 Å². The molecule has 0 aromatic carbocycles. The molecule has 2 aromatic rings. The first kappa shape index (κ1) is 14.5. The number of thiophene rings is 1. The molecular formula is C13H18N4O2S2. The van der Waals surface area contributed by atoms with E-state index >= 15 is 0 Å². The number of aromatic nitrogens is 2. The van der Waals surface area contributed by atoms with Crippen LogP contribution in [-0.4, -0.2) is 49.0 Å². The largest absolute Gasteiger partial charge is 0.354 e. The second-order valence-corrected chi connectivity index (χ2v) is 8.32. The van der Waals surface area contributed by atoms with Gasteiger partial charge in [0.1, 0.15) is 10.6 Å². The normalized spacial score (nSPS) is 21.6. The molecule has 0 aliphatic carbocycles. The van der Waals surface area contributed by atoms with Gasteiger partial charge in [0.05, 0.1) is 16.9 Å². The van der Waals surface area contributed by atoms with Crippen LogP contribution in [0.4, 0.5) is 11.8 Å². The zero-order chi connectivity index (χ0) is 15.0. The molecule has 0 saturated carbocycles. The lowest BCUT2D eigenvalue weighted by Gasteiger charge is -2.34. The summed E-state index contributed by atoms with van der Waals surface area (Å²) in [5.74, 6) is 1.80. The lowest BCUT2D eigenvalue weighted by Crippen LogP contribution is -2.47. The van der Waals surface area contributed by atoms with Gasteiger partial charge in [-0.3, -0.25) is 0 Å². The van der Waals surface area contributed by atoms with Crippen LogP contribution < -0.4 is 10.2 Å². The zero-order valence-corrected chi connectivity index (χ0v) is 13.7. The van der Waals surface area contributed by atoms with Crippen molar-refractivity contribution in [3.63, 3.8) is 0 Å². The lowest BCUT2D eigenvalue weighted by molar-refractivity contribution is 0.567. The summed E-state index contributed by atoms with van der Waals surface area (Å²) in [6.07, 6.45) is 0. The highest BCUT2D eigenvalue weighted by Crippen LogP contribution is 2.31. The third kappa shape index (κ3) is 2.82. The molecule has 1 saturated heterocycles. The Labute approximate surface area is 128 Å². The van der Waals surface area contributed by atoms with Gasteiger partial charge in [-0.05, 0) is 25.3 Å². The second kappa shape index (κ2) is 5.42. The van der Waals surface area contributed by atoms with Gasteiger partial charge in [0.2, 0.25) is 5.95 Å². The summed E-state index contributed by atoms with van der Waals surface area (Å²) in [6, 6.07) is 1.93. The summed E-state index contributed by atoms with van der Waals surface area (Å²) in [6.45, 7) is 5.17. The number of nitrogens with zero attached hydrogens (tertiary/aromatic N) is 3. The van der Waals surface area contributed by atoms with Crippen molar-refractivity contribution in [1.29, 1.82) is 0 Å². The van der Waals surface area contributed by atoms with E-state index in [1.807, 2.05) is 25.3 Å². The summed E-state index contributed by atoms with van der Waals surface area (Å²) in [5, 5.41) is 6.12. The predicted molar refractivity (Wildman–Crippen MR) is 87.0 cm³/mol.